The quantitative estimate of drug-likeness (QED) is 0.801. The Bertz CT molecular complexity index is 730. The molecule has 2 heterocycles. The van der Waals surface area contributed by atoms with Crippen molar-refractivity contribution in [2.45, 2.75) is 26.9 Å². The first-order valence-electron chi connectivity index (χ1n) is 6.53. The standard InChI is InChI=1S/C14H17N5S/c1-9-5-4-6-11-14(9)16-12(15-11)7-19(3)8-13-18-17-10(2)20-13/h4-6H,7-8H2,1-3H3,(H,15,16). The first kappa shape index (κ1) is 13.2. The van der Waals surface area contributed by atoms with Crippen molar-refractivity contribution in [2.75, 3.05) is 7.05 Å². The van der Waals surface area contributed by atoms with Gasteiger partial charge in [-0.3, -0.25) is 4.90 Å². The van der Waals surface area contributed by atoms with Crippen LogP contribution in [0, 0.1) is 13.8 Å². The van der Waals surface area contributed by atoms with Crippen LogP contribution < -0.4 is 0 Å². The van der Waals surface area contributed by atoms with Crippen molar-refractivity contribution in [1.82, 2.24) is 25.1 Å². The van der Waals surface area contributed by atoms with Crippen LogP contribution in [-0.4, -0.2) is 32.1 Å². The maximum Gasteiger partial charge on any atom is 0.131 e. The summed E-state index contributed by atoms with van der Waals surface area (Å²) in [6.07, 6.45) is 0. The fourth-order valence-electron chi connectivity index (χ4n) is 2.25. The molecule has 0 fully saturated rings. The van der Waals surface area contributed by atoms with Gasteiger partial charge in [0, 0.05) is 0 Å². The fraction of sp³-hybridized carbons (Fsp3) is 0.357. The number of para-hydroxylation sites is 1. The molecule has 3 rings (SSSR count). The van der Waals surface area contributed by atoms with Gasteiger partial charge in [0.2, 0.25) is 0 Å². The molecule has 0 spiro atoms. The zero-order valence-electron chi connectivity index (χ0n) is 11.8. The Balaban J connectivity index is 1.74. The van der Waals surface area contributed by atoms with E-state index in [0.29, 0.717) is 0 Å². The number of imidazole rings is 1. The predicted molar refractivity (Wildman–Crippen MR) is 80.6 cm³/mol. The third-order valence-corrected chi connectivity index (χ3v) is 3.98. The van der Waals surface area contributed by atoms with Crippen LogP contribution in [0.3, 0.4) is 0 Å². The minimum absolute atomic E-state index is 0.771. The van der Waals surface area contributed by atoms with Crippen LogP contribution >= 0.6 is 11.3 Å². The number of aromatic nitrogens is 4. The lowest BCUT2D eigenvalue weighted by atomic mass is 10.2. The van der Waals surface area contributed by atoms with Crippen LogP contribution in [0.15, 0.2) is 18.2 Å². The van der Waals surface area contributed by atoms with Gasteiger partial charge < -0.3 is 4.98 Å². The van der Waals surface area contributed by atoms with Crippen molar-refractivity contribution in [3.63, 3.8) is 0 Å². The molecule has 3 aromatic rings. The number of nitrogens with zero attached hydrogens (tertiary/aromatic N) is 4. The highest BCUT2D eigenvalue weighted by Gasteiger charge is 2.09. The summed E-state index contributed by atoms with van der Waals surface area (Å²) in [5.41, 5.74) is 3.36. The normalized spacial score (nSPS) is 11.6. The predicted octanol–water partition coefficient (Wildman–Crippen LogP) is 2.66. The van der Waals surface area contributed by atoms with Crippen molar-refractivity contribution in [3.8, 4) is 0 Å². The van der Waals surface area contributed by atoms with Gasteiger partial charge in [-0.05, 0) is 32.5 Å². The van der Waals surface area contributed by atoms with E-state index in [1.165, 1.54) is 5.56 Å². The Labute approximate surface area is 121 Å². The van der Waals surface area contributed by atoms with E-state index in [1.54, 1.807) is 11.3 Å². The van der Waals surface area contributed by atoms with E-state index >= 15 is 0 Å². The molecule has 0 aliphatic rings. The summed E-state index contributed by atoms with van der Waals surface area (Å²) in [7, 11) is 2.07. The number of nitrogens with one attached hydrogen (secondary N) is 1. The van der Waals surface area contributed by atoms with Crippen molar-refractivity contribution in [2.24, 2.45) is 0 Å². The lowest BCUT2D eigenvalue weighted by Crippen LogP contribution is -2.17. The van der Waals surface area contributed by atoms with Gasteiger partial charge in [0.15, 0.2) is 0 Å². The number of fused-ring (bicyclic) bond motifs is 1. The van der Waals surface area contributed by atoms with Gasteiger partial charge in [-0.15, -0.1) is 21.5 Å². The zero-order valence-corrected chi connectivity index (χ0v) is 12.7. The van der Waals surface area contributed by atoms with Gasteiger partial charge in [-0.2, -0.15) is 0 Å². The molecule has 1 N–H and O–H groups in total. The number of rotatable bonds is 4. The highest BCUT2D eigenvalue weighted by molar-refractivity contribution is 7.11. The van der Waals surface area contributed by atoms with Crippen LogP contribution in [0.4, 0.5) is 0 Å². The molecule has 0 radical (unpaired) electrons. The second kappa shape index (κ2) is 5.30. The van der Waals surface area contributed by atoms with E-state index in [-0.39, 0.29) is 0 Å². The monoisotopic (exact) mass is 287 g/mol. The Morgan fingerprint density at radius 1 is 1.20 bits per heavy atom. The molecule has 0 saturated carbocycles. The number of benzene rings is 1. The Hall–Kier alpha value is -1.79. The summed E-state index contributed by atoms with van der Waals surface area (Å²) >= 11 is 1.64. The van der Waals surface area contributed by atoms with Gasteiger partial charge in [-0.25, -0.2) is 4.98 Å². The lowest BCUT2D eigenvalue weighted by Gasteiger charge is -2.12. The molecular weight excluding hydrogens is 270 g/mol. The highest BCUT2D eigenvalue weighted by Crippen LogP contribution is 2.17. The highest BCUT2D eigenvalue weighted by atomic mass is 32.1. The van der Waals surface area contributed by atoms with Crippen molar-refractivity contribution in [1.29, 1.82) is 0 Å². The van der Waals surface area contributed by atoms with Crippen LogP contribution in [0.1, 0.15) is 21.4 Å². The molecule has 0 amide bonds. The van der Waals surface area contributed by atoms with Crippen LogP contribution in [-0.2, 0) is 13.1 Å². The van der Waals surface area contributed by atoms with E-state index in [0.717, 1.165) is 40.0 Å². The maximum atomic E-state index is 4.67. The molecule has 20 heavy (non-hydrogen) atoms. The molecule has 104 valence electrons. The van der Waals surface area contributed by atoms with Gasteiger partial charge in [0.05, 0.1) is 24.1 Å². The number of H-pyrrole nitrogens is 1. The largest absolute Gasteiger partial charge is 0.341 e. The number of aryl methyl sites for hydroxylation is 2. The Kier molecular flexibility index (Phi) is 3.50. The van der Waals surface area contributed by atoms with Crippen molar-refractivity contribution >= 4 is 22.4 Å². The fourth-order valence-corrected chi connectivity index (χ4v) is 3.03. The summed E-state index contributed by atoms with van der Waals surface area (Å²) in [5, 5.41) is 10.2. The molecule has 0 atom stereocenters. The lowest BCUT2D eigenvalue weighted by molar-refractivity contribution is 0.310. The molecule has 0 aliphatic heterocycles. The second-order valence-electron chi connectivity index (χ2n) is 5.04. The Morgan fingerprint density at radius 2 is 2.05 bits per heavy atom. The molecule has 0 bridgehead atoms. The van der Waals surface area contributed by atoms with E-state index in [1.807, 2.05) is 13.0 Å². The van der Waals surface area contributed by atoms with Gasteiger partial charge in [0.1, 0.15) is 15.8 Å². The van der Waals surface area contributed by atoms with E-state index in [2.05, 4.69) is 51.2 Å². The number of hydrogen-bond acceptors (Lipinski definition) is 5. The molecule has 0 saturated heterocycles. The maximum absolute atomic E-state index is 4.67. The molecular formula is C14H17N5S. The number of aromatic amines is 1. The Morgan fingerprint density at radius 3 is 2.75 bits per heavy atom. The summed E-state index contributed by atoms with van der Waals surface area (Å²) < 4.78 is 0. The van der Waals surface area contributed by atoms with Crippen molar-refractivity contribution in [3.05, 3.63) is 39.6 Å². The molecule has 2 aromatic heterocycles. The zero-order chi connectivity index (χ0) is 14.1. The first-order valence-corrected chi connectivity index (χ1v) is 7.35. The smallest absolute Gasteiger partial charge is 0.131 e. The SMILES string of the molecule is Cc1nnc(CN(C)Cc2nc3c(C)cccc3[nH]2)s1. The topological polar surface area (TPSA) is 57.7 Å². The average Bonchev–Trinajstić information content (AvgIpc) is 2.96. The molecule has 0 unspecified atom stereocenters. The van der Waals surface area contributed by atoms with Crippen LogP contribution in [0.5, 0.6) is 0 Å². The van der Waals surface area contributed by atoms with E-state index in [9.17, 15) is 0 Å². The minimum atomic E-state index is 0.771. The number of hydrogen-bond donors (Lipinski definition) is 1. The average molecular weight is 287 g/mol. The van der Waals surface area contributed by atoms with Crippen LogP contribution in [0.2, 0.25) is 0 Å². The molecule has 0 aliphatic carbocycles. The van der Waals surface area contributed by atoms with Crippen molar-refractivity contribution < 1.29 is 0 Å². The molecule has 1 aromatic carbocycles. The van der Waals surface area contributed by atoms with E-state index < -0.39 is 0 Å². The summed E-state index contributed by atoms with van der Waals surface area (Å²) in [6, 6.07) is 6.20. The molecule has 5 nitrogen and oxygen atoms in total. The third-order valence-electron chi connectivity index (χ3n) is 3.16. The minimum Gasteiger partial charge on any atom is -0.341 e. The van der Waals surface area contributed by atoms with Gasteiger partial charge in [0.25, 0.3) is 0 Å². The summed E-state index contributed by atoms with van der Waals surface area (Å²) in [4.78, 5) is 10.2. The van der Waals surface area contributed by atoms with Crippen LogP contribution in [0.25, 0.3) is 11.0 Å². The third kappa shape index (κ3) is 2.71. The van der Waals surface area contributed by atoms with Gasteiger partial charge in [-0.1, -0.05) is 12.1 Å². The first-order chi connectivity index (χ1) is 9.61. The molecule has 6 heteroatoms. The second-order valence-corrected chi connectivity index (χ2v) is 6.31. The van der Waals surface area contributed by atoms with Gasteiger partial charge >= 0.3 is 0 Å². The van der Waals surface area contributed by atoms with E-state index in [4.69, 9.17) is 0 Å². The summed E-state index contributed by atoms with van der Waals surface area (Å²) in [5.74, 6) is 0.984. The summed E-state index contributed by atoms with van der Waals surface area (Å²) in [6.45, 7) is 5.62.